The number of carbonyl (C=O) groups excluding carboxylic acids is 2. The van der Waals surface area contributed by atoms with Crippen molar-refractivity contribution in [1.82, 2.24) is 0 Å². The maximum atomic E-state index is 11.2. The Morgan fingerprint density at radius 2 is 1.52 bits per heavy atom. The molecule has 10 heteroatoms. The molecule has 3 aromatic rings. The van der Waals surface area contributed by atoms with Gasteiger partial charge in [-0.1, -0.05) is 62.0 Å². The summed E-state index contributed by atoms with van der Waals surface area (Å²) in [5, 5.41) is 13.3. The van der Waals surface area contributed by atoms with E-state index < -0.39 is 0 Å². The predicted molar refractivity (Wildman–Crippen MR) is 203 cm³/mol. The number of aromatic nitrogens is 1. The summed E-state index contributed by atoms with van der Waals surface area (Å²) in [4.78, 5) is 25.4. The highest BCUT2D eigenvalue weighted by Gasteiger charge is 2.01. The quantitative estimate of drug-likeness (QED) is 0.0611. The Hall–Kier alpha value is -3.73. The highest BCUT2D eigenvalue weighted by molar-refractivity contribution is 8.13. The number of hydrogen-bond donors (Lipinski definition) is 4. The van der Waals surface area contributed by atoms with Crippen LogP contribution in [0.15, 0.2) is 102 Å². The summed E-state index contributed by atoms with van der Waals surface area (Å²) in [6.45, 7) is 6.31. The number of pyridine rings is 1. The van der Waals surface area contributed by atoms with E-state index in [0.29, 0.717) is 37.6 Å². The Balaban J connectivity index is 0.000000622. The fourth-order valence-electron chi connectivity index (χ4n) is 3.26. The smallest absolute Gasteiger partial charge is 0.189 e. The molecule has 2 aromatic carbocycles. The van der Waals surface area contributed by atoms with E-state index in [1.165, 1.54) is 23.5 Å². The Bertz CT molecular complexity index is 1200. The number of allylic oxidation sites excluding steroid dienone is 2. The van der Waals surface area contributed by atoms with Crippen LogP contribution in [0.1, 0.15) is 32.3 Å². The molecule has 8 nitrogen and oxygen atoms in total. The minimum atomic E-state index is 0.0372. The van der Waals surface area contributed by atoms with Crippen molar-refractivity contribution in [2.75, 3.05) is 49.0 Å². The second-order valence-corrected chi connectivity index (χ2v) is 12.0. The molecule has 46 heavy (non-hydrogen) atoms. The molecular formula is C36H53N6O2S2+. The van der Waals surface area contributed by atoms with Gasteiger partial charge in [0.05, 0.1) is 5.75 Å². The van der Waals surface area contributed by atoms with Gasteiger partial charge >= 0.3 is 0 Å². The van der Waals surface area contributed by atoms with Crippen LogP contribution < -0.4 is 20.9 Å². The van der Waals surface area contributed by atoms with Gasteiger partial charge in [0.1, 0.15) is 6.29 Å². The number of benzene rings is 2. The number of nitrogens with zero attached hydrogens (tertiary/aromatic N) is 2. The van der Waals surface area contributed by atoms with E-state index in [2.05, 4.69) is 51.0 Å². The van der Waals surface area contributed by atoms with Gasteiger partial charge in [0, 0.05) is 81.7 Å². The normalized spacial score (nSPS) is 10.4. The largest absolute Gasteiger partial charge is 0.388 e. The number of anilines is 2. The molecule has 250 valence electrons. The van der Waals surface area contributed by atoms with E-state index in [1.807, 2.05) is 106 Å². The summed E-state index contributed by atoms with van der Waals surface area (Å²) < 4.78 is 2.18. The fourth-order valence-corrected chi connectivity index (χ4v) is 4.34. The molecule has 0 spiro atoms. The monoisotopic (exact) mass is 665 g/mol. The van der Waals surface area contributed by atoms with E-state index in [0.717, 1.165) is 35.5 Å². The van der Waals surface area contributed by atoms with Gasteiger partial charge in [0.25, 0.3) is 0 Å². The molecule has 1 aromatic heterocycles. The van der Waals surface area contributed by atoms with Crippen LogP contribution >= 0.6 is 23.5 Å². The third kappa shape index (κ3) is 23.6. The third-order valence-corrected chi connectivity index (χ3v) is 7.53. The zero-order valence-corrected chi connectivity index (χ0v) is 29.7. The summed E-state index contributed by atoms with van der Waals surface area (Å²) in [6.07, 6.45) is 12.5. The van der Waals surface area contributed by atoms with Crippen molar-refractivity contribution in [2.24, 2.45) is 16.6 Å². The van der Waals surface area contributed by atoms with Crippen molar-refractivity contribution in [3.8, 4) is 0 Å². The van der Waals surface area contributed by atoms with Crippen molar-refractivity contribution in [3.63, 3.8) is 0 Å². The van der Waals surface area contributed by atoms with Gasteiger partial charge in [-0.3, -0.25) is 9.79 Å². The number of para-hydroxylation sites is 2. The average Bonchev–Trinajstić information content (AvgIpc) is 3.11. The topological polar surface area (TPSA) is 124 Å². The van der Waals surface area contributed by atoms with E-state index >= 15 is 0 Å². The molecule has 0 aliphatic heterocycles. The van der Waals surface area contributed by atoms with E-state index in [4.69, 9.17) is 11.1 Å². The number of nitrogens with one attached hydrogen (secondary N) is 3. The van der Waals surface area contributed by atoms with Crippen LogP contribution in [0.2, 0.25) is 0 Å². The van der Waals surface area contributed by atoms with Gasteiger partial charge in [-0.05, 0) is 53.7 Å². The highest BCUT2D eigenvalue weighted by Crippen LogP contribution is 2.07. The zero-order valence-electron chi connectivity index (χ0n) is 28.0. The summed E-state index contributed by atoms with van der Waals surface area (Å²) in [5.41, 5.74) is 9.92. The summed E-state index contributed by atoms with van der Waals surface area (Å²) in [5.74, 6) is 2.10. The van der Waals surface area contributed by atoms with Crippen molar-refractivity contribution >= 4 is 58.7 Å². The first-order valence-electron chi connectivity index (χ1n) is 15.3. The number of aliphatic imine (C=N–C) groups is 1. The number of nitrogens with two attached hydrogens (primary N) is 1. The van der Waals surface area contributed by atoms with Crippen molar-refractivity contribution in [3.05, 3.63) is 102 Å². The standard InChI is InChI=1S/C13H20N2O2S.C9H15N2S.2C7H9N/c1-11(2)12(10-14)5-6-15-7-9-18-13(17)4-3-8-16;1-12-7-6-11-4-2-9(8-10)3-5-11;2*1-8-7-5-3-2-4-6-7/h5-6,8,10-11,14H,3-4,7,9H2,1-2H3;2-5H,6-8,10H2,1H3;2*2-6,8H,1H3/q;+1;;/b12-5-,14-10?,15-6?;;;. The van der Waals surface area contributed by atoms with Gasteiger partial charge in [-0.25, -0.2) is 4.57 Å². The van der Waals surface area contributed by atoms with Crippen LogP contribution in [0, 0.1) is 11.3 Å². The number of aryl methyl sites for hydroxylation is 1. The van der Waals surface area contributed by atoms with Crippen LogP contribution in [0.3, 0.4) is 0 Å². The molecule has 0 fully saturated rings. The summed E-state index contributed by atoms with van der Waals surface area (Å²) in [7, 11) is 3.82. The minimum absolute atomic E-state index is 0.0372. The average molecular weight is 666 g/mol. The molecule has 0 saturated carbocycles. The van der Waals surface area contributed by atoms with Gasteiger partial charge in [0.15, 0.2) is 24.1 Å². The predicted octanol–water partition coefficient (Wildman–Crippen LogP) is 6.78. The van der Waals surface area contributed by atoms with Gasteiger partial charge in [-0.15, -0.1) is 0 Å². The minimum Gasteiger partial charge on any atom is -0.388 e. The third-order valence-electron chi connectivity index (χ3n) is 6.03. The van der Waals surface area contributed by atoms with Crippen LogP contribution in [0.5, 0.6) is 0 Å². The van der Waals surface area contributed by atoms with Crippen molar-refractivity contribution < 1.29 is 14.2 Å². The van der Waals surface area contributed by atoms with Crippen LogP contribution in [-0.2, 0) is 22.7 Å². The van der Waals surface area contributed by atoms with Crippen LogP contribution in [0.4, 0.5) is 11.4 Å². The lowest BCUT2D eigenvalue weighted by molar-refractivity contribution is -0.692. The number of hydrogen-bond acceptors (Lipinski definition) is 9. The van der Waals surface area contributed by atoms with E-state index in [-0.39, 0.29) is 5.12 Å². The molecule has 0 aliphatic carbocycles. The SMILES string of the molecule is CC(C)/C(C=N)=C\C=NCCSC(=O)CCC=O.CNc1ccccc1.CNc1ccccc1.CSCC[n+]1ccc(CN)cc1. The number of rotatable bonds is 15. The van der Waals surface area contributed by atoms with Crippen LogP contribution in [-0.4, -0.2) is 62.2 Å². The lowest BCUT2D eigenvalue weighted by Crippen LogP contribution is -2.33. The zero-order chi connectivity index (χ0) is 34.3. The fraction of sp³-hybridized carbons (Fsp3) is 0.361. The number of carbonyl (C=O) groups is 2. The maximum Gasteiger partial charge on any atom is 0.189 e. The molecule has 3 rings (SSSR count). The number of thioether (sulfide) groups is 2. The Morgan fingerprint density at radius 3 is 1.93 bits per heavy atom. The van der Waals surface area contributed by atoms with Crippen molar-refractivity contribution in [2.45, 2.75) is 39.8 Å². The Labute approximate surface area is 285 Å². The number of aldehydes is 1. The molecule has 0 unspecified atom stereocenters. The van der Waals surface area contributed by atoms with E-state index in [1.54, 1.807) is 6.21 Å². The molecule has 0 bridgehead atoms. The molecule has 1 heterocycles. The van der Waals surface area contributed by atoms with Crippen molar-refractivity contribution in [1.29, 1.82) is 5.41 Å². The lowest BCUT2D eigenvalue weighted by atomic mass is 10.1. The molecule has 0 atom stereocenters. The molecule has 0 radical (unpaired) electrons. The van der Waals surface area contributed by atoms with Crippen LogP contribution in [0.25, 0.3) is 0 Å². The van der Waals surface area contributed by atoms with E-state index in [9.17, 15) is 9.59 Å². The first kappa shape index (κ1) is 42.3. The second-order valence-electron chi connectivity index (χ2n) is 9.82. The Kier molecular flexibility index (Phi) is 27.5. The molecule has 5 N–H and O–H groups in total. The second kappa shape index (κ2) is 30.0. The van der Waals surface area contributed by atoms with Gasteiger partial charge < -0.3 is 26.6 Å². The molecule has 0 saturated heterocycles. The van der Waals surface area contributed by atoms with Gasteiger partial charge in [-0.2, -0.15) is 11.8 Å². The first-order chi connectivity index (χ1) is 22.3. The highest BCUT2D eigenvalue weighted by atomic mass is 32.2. The van der Waals surface area contributed by atoms with Gasteiger partial charge in [0.2, 0.25) is 0 Å². The molecule has 0 aliphatic rings. The molecule has 0 amide bonds. The lowest BCUT2D eigenvalue weighted by Gasteiger charge is -2.01. The molecular weight excluding hydrogens is 613 g/mol. The first-order valence-corrected chi connectivity index (χ1v) is 17.6. The Morgan fingerprint density at radius 1 is 0.957 bits per heavy atom. The maximum absolute atomic E-state index is 11.2. The summed E-state index contributed by atoms with van der Waals surface area (Å²) in [6, 6.07) is 24.3. The summed E-state index contributed by atoms with van der Waals surface area (Å²) >= 11 is 3.07.